The van der Waals surface area contributed by atoms with Gasteiger partial charge in [-0.2, -0.15) is 0 Å². The Bertz CT molecular complexity index is 2370. The van der Waals surface area contributed by atoms with Crippen LogP contribution in [-0.4, -0.2) is 9.13 Å². The summed E-state index contributed by atoms with van der Waals surface area (Å²) in [7, 11) is 0. The Balaban J connectivity index is 1.56. The minimum atomic E-state index is 1.17. The maximum Gasteiger partial charge on any atom is 0.0568 e. The highest BCUT2D eigenvalue weighted by Crippen LogP contribution is 2.43. The third kappa shape index (κ3) is 2.82. The van der Waals surface area contributed by atoms with Crippen molar-refractivity contribution in [2.75, 3.05) is 0 Å². The molecule has 0 bridgehead atoms. The Morgan fingerprint density at radius 2 is 0.875 bits per heavy atom. The molecule has 7 aromatic carbocycles. The zero-order chi connectivity index (χ0) is 26.2. The van der Waals surface area contributed by atoms with Gasteiger partial charge in [0.15, 0.2) is 0 Å². The lowest BCUT2D eigenvalue weighted by molar-refractivity contribution is 1.16. The van der Waals surface area contributed by atoms with E-state index in [0.717, 1.165) is 0 Å². The van der Waals surface area contributed by atoms with Crippen LogP contribution in [0.5, 0.6) is 0 Å². The number of aromatic nitrogens is 2. The molecule has 0 spiro atoms. The second kappa shape index (κ2) is 8.08. The van der Waals surface area contributed by atoms with Gasteiger partial charge in [0, 0.05) is 32.6 Å². The lowest BCUT2D eigenvalue weighted by atomic mass is 9.98. The summed E-state index contributed by atoms with van der Waals surface area (Å²) >= 11 is 0. The summed E-state index contributed by atoms with van der Waals surface area (Å²) in [5.74, 6) is 0. The Labute approximate surface area is 230 Å². The molecule has 0 N–H and O–H groups in total. The van der Waals surface area contributed by atoms with Crippen LogP contribution >= 0.6 is 0 Å². The minimum absolute atomic E-state index is 1.17. The van der Waals surface area contributed by atoms with Crippen molar-refractivity contribution in [1.29, 1.82) is 0 Å². The van der Waals surface area contributed by atoms with E-state index in [2.05, 4.69) is 155 Å². The number of para-hydroxylation sites is 3. The number of nitrogens with zero attached hydrogens (tertiary/aromatic N) is 2. The standard InChI is InChI=1S/C38H24N2/c1-2-13-26(14-3-1)39-34-23-22-25-12-4-5-15-27(25)37(34)38-31-19-7-6-18-30(31)35(24-36(38)39)40-32-20-10-8-16-28(32)29-17-9-11-21-33(29)40/h1-24H. The van der Waals surface area contributed by atoms with Crippen molar-refractivity contribution in [2.24, 2.45) is 0 Å². The Morgan fingerprint density at radius 1 is 0.325 bits per heavy atom. The average Bonchev–Trinajstić information content (AvgIpc) is 3.54. The summed E-state index contributed by atoms with van der Waals surface area (Å²) in [6.07, 6.45) is 0. The van der Waals surface area contributed by atoms with E-state index >= 15 is 0 Å². The molecular weight excluding hydrogens is 484 g/mol. The fourth-order valence-electron chi connectivity index (χ4n) is 6.84. The molecule has 9 rings (SSSR count). The first-order valence-electron chi connectivity index (χ1n) is 13.8. The summed E-state index contributed by atoms with van der Waals surface area (Å²) in [4.78, 5) is 0. The predicted octanol–water partition coefficient (Wildman–Crippen LogP) is 10.2. The first kappa shape index (κ1) is 21.6. The largest absolute Gasteiger partial charge is 0.309 e. The Morgan fingerprint density at radius 3 is 1.60 bits per heavy atom. The molecule has 186 valence electrons. The number of hydrogen-bond donors (Lipinski definition) is 0. The molecule has 0 atom stereocenters. The maximum atomic E-state index is 2.46. The van der Waals surface area contributed by atoms with Gasteiger partial charge >= 0.3 is 0 Å². The van der Waals surface area contributed by atoms with Crippen molar-refractivity contribution in [3.63, 3.8) is 0 Å². The van der Waals surface area contributed by atoms with Gasteiger partial charge < -0.3 is 9.13 Å². The molecule has 0 saturated heterocycles. The smallest absolute Gasteiger partial charge is 0.0568 e. The quantitative estimate of drug-likeness (QED) is 0.220. The van der Waals surface area contributed by atoms with E-state index in [1.807, 2.05) is 0 Å². The summed E-state index contributed by atoms with van der Waals surface area (Å²) in [5, 5.41) is 10.2. The highest BCUT2D eigenvalue weighted by atomic mass is 15.0. The fourth-order valence-corrected chi connectivity index (χ4v) is 6.84. The van der Waals surface area contributed by atoms with Crippen molar-refractivity contribution in [1.82, 2.24) is 9.13 Å². The maximum absolute atomic E-state index is 2.46. The van der Waals surface area contributed by atoms with Crippen LogP contribution in [0.2, 0.25) is 0 Å². The van der Waals surface area contributed by atoms with Gasteiger partial charge in [0.25, 0.3) is 0 Å². The first-order valence-corrected chi connectivity index (χ1v) is 13.8. The summed E-state index contributed by atoms with van der Waals surface area (Å²) < 4.78 is 4.90. The van der Waals surface area contributed by atoms with Crippen LogP contribution in [0.4, 0.5) is 0 Å². The molecule has 2 heteroatoms. The van der Waals surface area contributed by atoms with Gasteiger partial charge in [0.2, 0.25) is 0 Å². The number of fused-ring (bicyclic) bond motifs is 10. The van der Waals surface area contributed by atoms with Crippen LogP contribution in [0.1, 0.15) is 0 Å². The SMILES string of the molecule is c1ccc(-n2c3ccc4ccccc4c3c3c4ccccc4c(-n4c5ccccc5c5ccccc54)cc32)cc1. The molecule has 0 aliphatic heterocycles. The topological polar surface area (TPSA) is 9.86 Å². The first-order chi connectivity index (χ1) is 19.9. The fraction of sp³-hybridized carbons (Fsp3) is 0. The van der Waals surface area contributed by atoms with Gasteiger partial charge in [-0.3, -0.25) is 0 Å². The summed E-state index contributed by atoms with van der Waals surface area (Å²) in [5.41, 5.74) is 7.26. The Kier molecular flexibility index (Phi) is 4.36. The molecule has 0 unspecified atom stereocenters. The summed E-state index contributed by atoms with van der Waals surface area (Å²) in [6.45, 7) is 0. The van der Waals surface area contributed by atoms with E-state index in [0.29, 0.717) is 0 Å². The van der Waals surface area contributed by atoms with E-state index in [9.17, 15) is 0 Å². The zero-order valence-electron chi connectivity index (χ0n) is 21.8. The predicted molar refractivity (Wildman–Crippen MR) is 170 cm³/mol. The zero-order valence-corrected chi connectivity index (χ0v) is 21.8. The second-order valence-electron chi connectivity index (χ2n) is 10.6. The molecule has 0 saturated carbocycles. The van der Waals surface area contributed by atoms with Crippen molar-refractivity contribution in [3.8, 4) is 11.4 Å². The van der Waals surface area contributed by atoms with Crippen LogP contribution in [0.25, 0.3) is 76.5 Å². The molecule has 0 radical (unpaired) electrons. The number of hydrogen-bond acceptors (Lipinski definition) is 0. The molecule has 40 heavy (non-hydrogen) atoms. The molecule has 0 amide bonds. The average molecular weight is 509 g/mol. The van der Waals surface area contributed by atoms with Crippen LogP contribution in [0.15, 0.2) is 146 Å². The van der Waals surface area contributed by atoms with Gasteiger partial charge in [-0.05, 0) is 52.6 Å². The van der Waals surface area contributed by atoms with E-state index in [1.54, 1.807) is 0 Å². The molecule has 0 fully saturated rings. The van der Waals surface area contributed by atoms with Crippen molar-refractivity contribution in [2.45, 2.75) is 0 Å². The van der Waals surface area contributed by atoms with E-state index in [1.165, 1.54) is 76.5 Å². The van der Waals surface area contributed by atoms with Crippen molar-refractivity contribution >= 4 is 65.2 Å². The van der Waals surface area contributed by atoms with Gasteiger partial charge in [-0.15, -0.1) is 0 Å². The molecule has 2 nitrogen and oxygen atoms in total. The third-order valence-electron chi connectivity index (χ3n) is 8.48. The van der Waals surface area contributed by atoms with Gasteiger partial charge in [0.05, 0.1) is 27.8 Å². The van der Waals surface area contributed by atoms with Gasteiger partial charge in [-0.1, -0.05) is 109 Å². The van der Waals surface area contributed by atoms with E-state index in [4.69, 9.17) is 0 Å². The highest BCUT2D eigenvalue weighted by Gasteiger charge is 2.21. The Hall–Kier alpha value is -5.34. The second-order valence-corrected chi connectivity index (χ2v) is 10.6. The normalized spacial score (nSPS) is 12.0. The number of benzene rings is 7. The number of rotatable bonds is 2. The molecule has 9 aromatic rings. The lowest BCUT2D eigenvalue weighted by Gasteiger charge is -2.14. The van der Waals surface area contributed by atoms with Crippen molar-refractivity contribution in [3.05, 3.63) is 146 Å². The molecule has 2 heterocycles. The monoisotopic (exact) mass is 508 g/mol. The lowest BCUT2D eigenvalue weighted by Crippen LogP contribution is -1.98. The van der Waals surface area contributed by atoms with Crippen LogP contribution in [0, 0.1) is 0 Å². The molecule has 0 aliphatic rings. The van der Waals surface area contributed by atoms with Crippen LogP contribution in [0.3, 0.4) is 0 Å². The van der Waals surface area contributed by atoms with E-state index < -0.39 is 0 Å². The van der Waals surface area contributed by atoms with Crippen molar-refractivity contribution < 1.29 is 0 Å². The molecular formula is C38H24N2. The van der Waals surface area contributed by atoms with Gasteiger partial charge in [-0.25, -0.2) is 0 Å². The third-order valence-corrected chi connectivity index (χ3v) is 8.48. The molecule has 0 aliphatic carbocycles. The van der Waals surface area contributed by atoms with Crippen LogP contribution < -0.4 is 0 Å². The molecule has 2 aromatic heterocycles. The van der Waals surface area contributed by atoms with E-state index in [-0.39, 0.29) is 0 Å². The highest BCUT2D eigenvalue weighted by molar-refractivity contribution is 6.30. The summed E-state index contributed by atoms with van der Waals surface area (Å²) in [6, 6.07) is 52.9. The van der Waals surface area contributed by atoms with Gasteiger partial charge in [0.1, 0.15) is 0 Å². The minimum Gasteiger partial charge on any atom is -0.309 e. The van der Waals surface area contributed by atoms with Crippen LogP contribution in [-0.2, 0) is 0 Å².